The fraction of sp³-hybridized carbons (Fsp3) is 0.429. The van der Waals surface area contributed by atoms with Gasteiger partial charge in [-0.15, -0.1) is 0 Å². The zero-order chi connectivity index (χ0) is 15.5. The molecule has 0 N–H and O–H groups in total. The van der Waals surface area contributed by atoms with Crippen molar-refractivity contribution in [3.05, 3.63) is 39.9 Å². The second-order valence-corrected chi connectivity index (χ2v) is 4.94. The maximum atomic E-state index is 10.7. The number of nitro groups is 1. The van der Waals surface area contributed by atoms with Crippen molar-refractivity contribution >= 4 is 5.69 Å². The van der Waals surface area contributed by atoms with E-state index < -0.39 is 16.4 Å². The fourth-order valence-electron chi connectivity index (χ4n) is 2.51. The topological polar surface area (TPSA) is 103 Å². The van der Waals surface area contributed by atoms with Crippen LogP contribution in [0.4, 0.5) is 5.69 Å². The van der Waals surface area contributed by atoms with Crippen LogP contribution in [-0.2, 0) is 10.4 Å². The molecule has 7 heteroatoms. The molecule has 1 aliphatic heterocycles. The molecule has 0 spiro atoms. The number of hydrogen-bond acceptors (Lipinski definition) is 6. The summed E-state index contributed by atoms with van der Waals surface area (Å²) in [6, 6.07) is 10.4. The van der Waals surface area contributed by atoms with Crippen LogP contribution in [0.2, 0.25) is 0 Å². The van der Waals surface area contributed by atoms with E-state index in [1.165, 1.54) is 12.1 Å². The molecule has 1 saturated heterocycles. The van der Waals surface area contributed by atoms with Crippen LogP contribution in [0.1, 0.15) is 18.9 Å². The van der Waals surface area contributed by atoms with Gasteiger partial charge in [0.1, 0.15) is 0 Å². The molecular formula is C14H14N4O3. The molecule has 2 atom stereocenters. The van der Waals surface area contributed by atoms with Gasteiger partial charge < -0.3 is 0 Å². The quantitative estimate of drug-likeness (QED) is 0.620. The Morgan fingerprint density at radius 1 is 1.48 bits per heavy atom. The lowest BCUT2D eigenvalue weighted by Gasteiger charge is -2.34. The molecule has 2 rings (SSSR count). The smallest absolute Gasteiger partial charge is 0.269 e. The molecule has 0 radical (unpaired) electrons. The van der Waals surface area contributed by atoms with E-state index in [2.05, 4.69) is 6.07 Å². The summed E-state index contributed by atoms with van der Waals surface area (Å²) >= 11 is 0. The Balaban J connectivity index is 2.37. The van der Waals surface area contributed by atoms with Gasteiger partial charge in [0.25, 0.3) is 5.69 Å². The lowest BCUT2D eigenvalue weighted by atomic mass is 9.81. The van der Waals surface area contributed by atoms with Crippen molar-refractivity contribution in [1.82, 2.24) is 5.06 Å². The van der Waals surface area contributed by atoms with Gasteiger partial charge in [0.2, 0.25) is 0 Å². The van der Waals surface area contributed by atoms with Crippen LogP contribution in [0.15, 0.2) is 24.3 Å². The van der Waals surface area contributed by atoms with Crippen LogP contribution in [0.3, 0.4) is 0 Å². The van der Waals surface area contributed by atoms with Crippen LogP contribution < -0.4 is 0 Å². The number of hydroxylamine groups is 2. The van der Waals surface area contributed by atoms with Crippen LogP contribution >= 0.6 is 0 Å². The molecule has 0 saturated carbocycles. The van der Waals surface area contributed by atoms with Gasteiger partial charge in [-0.3, -0.25) is 15.0 Å². The minimum Gasteiger partial charge on any atom is -0.297 e. The molecule has 7 nitrogen and oxygen atoms in total. The van der Waals surface area contributed by atoms with Crippen molar-refractivity contribution in [1.29, 1.82) is 10.5 Å². The summed E-state index contributed by atoms with van der Waals surface area (Å²) in [5.74, 6) is -0.405. The second-order valence-electron chi connectivity index (χ2n) is 4.94. The van der Waals surface area contributed by atoms with E-state index in [0.717, 1.165) is 5.56 Å². The van der Waals surface area contributed by atoms with E-state index in [0.29, 0.717) is 6.54 Å². The highest BCUT2D eigenvalue weighted by atomic mass is 16.7. The summed E-state index contributed by atoms with van der Waals surface area (Å²) in [6.07, 6.45) is 0.278. The minimum atomic E-state index is -0.721. The molecule has 21 heavy (non-hydrogen) atoms. The van der Waals surface area contributed by atoms with E-state index in [1.807, 2.05) is 13.0 Å². The van der Waals surface area contributed by atoms with Gasteiger partial charge in [0.15, 0.2) is 0 Å². The van der Waals surface area contributed by atoms with Crippen LogP contribution in [0.25, 0.3) is 0 Å². The van der Waals surface area contributed by atoms with Gasteiger partial charge in [-0.1, -0.05) is 12.1 Å². The molecule has 1 fully saturated rings. The van der Waals surface area contributed by atoms with Crippen molar-refractivity contribution in [3.8, 4) is 12.1 Å². The van der Waals surface area contributed by atoms with Crippen molar-refractivity contribution < 1.29 is 9.76 Å². The highest BCUT2D eigenvalue weighted by Crippen LogP contribution is 2.41. The predicted octanol–water partition coefficient (Wildman–Crippen LogP) is 2.11. The highest BCUT2D eigenvalue weighted by Gasteiger charge is 2.48. The first kappa shape index (κ1) is 14.9. The SMILES string of the molecule is C[C@@]1(c2ccc([N+](=O)[O-])cc2)[C@H](C#N)CON1CCC#N. The average Bonchev–Trinajstić information content (AvgIpc) is 2.82. The summed E-state index contributed by atoms with van der Waals surface area (Å²) in [7, 11) is 0. The number of nitro benzene ring substituents is 1. The predicted molar refractivity (Wildman–Crippen MR) is 72.4 cm³/mol. The Kier molecular flexibility index (Phi) is 4.18. The van der Waals surface area contributed by atoms with Gasteiger partial charge in [-0.25, -0.2) is 0 Å². The van der Waals surface area contributed by atoms with E-state index in [-0.39, 0.29) is 18.7 Å². The number of rotatable bonds is 4. The third-order valence-corrected chi connectivity index (χ3v) is 3.84. The van der Waals surface area contributed by atoms with Crippen LogP contribution in [0.5, 0.6) is 0 Å². The normalized spacial score (nSPS) is 25.2. The summed E-state index contributed by atoms with van der Waals surface area (Å²) in [5, 5.41) is 30.4. The third-order valence-electron chi connectivity index (χ3n) is 3.84. The Labute approximate surface area is 122 Å². The first-order chi connectivity index (χ1) is 10.0. The van der Waals surface area contributed by atoms with E-state index >= 15 is 0 Å². The van der Waals surface area contributed by atoms with Crippen molar-refractivity contribution in [2.24, 2.45) is 5.92 Å². The van der Waals surface area contributed by atoms with Crippen molar-refractivity contribution in [2.45, 2.75) is 18.9 Å². The highest BCUT2D eigenvalue weighted by molar-refractivity contribution is 5.37. The second kappa shape index (κ2) is 5.88. The molecule has 1 aromatic carbocycles. The molecule has 0 amide bonds. The summed E-state index contributed by atoms with van der Waals surface area (Å²) in [5.41, 5.74) is 0.0363. The van der Waals surface area contributed by atoms with Gasteiger partial charge in [-0.2, -0.15) is 15.6 Å². The molecule has 0 aliphatic carbocycles. The van der Waals surface area contributed by atoms with Crippen molar-refractivity contribution in [2.75, 3.05) is 13.2 Å². The maximum Gasteiger partial charge on any atom is 0.269 e. The molecule has 1 aliphatic rings. The minimum absolute atomic E-state index is 0.00153. The number of hydrogen-bond donors (Lipinski definition) is 0. The average molecular weight is 286 g/mol. The summed E-state index contributed by atoms with van der Waals surface area (Å²) in [6.45, 7) is 2.48. The molecule has 0 unspecified atom stereocenters. The fourth-order valence-corrected chi connectivity index (χ4v) is 2.51. The Bertz CT molecular complexity index is 617. The number of non-ortho nitro benzene ring substituents is 1. The largest absolute Gasteiger partial charge is 0.297 e. The number of benzene rings is 1. The molecule has 108 valence electrons. The zero-order valence-corrected chi connectivity index (χ0v) is 11.5. The van der Waals surface area contributed by atoms with Gasteiger partial charge in [0.05, 0.1) is 41.5 Å². The first-order valence-corrected chi connectivity index (χ1v) is 6.46. The molecule has 0 aromatic heterocycles. The Morgan fingerprint density at radius 2 is 2.14 bits per heavy atom. The van der Waals surface area contributed by atoms with Crippen molar-refractivity contribution in [3.63, 3.8) is 0 Å². The van der Waals surface area contributed by atoms with Gasteiger partial charge in [0, 0.05) is 18.7 Å². The van der Waals surface area contributed by atoms with Gasteiger partial charge in [-0.05, 0) is 12.5 Å². The lowest BCUT2D eigenvalue weighted by Crippen LogP contribution is -2.42. The molecule has 0 bridgehead atoms. The molecule has 1 heterocycles. The van der Waals surface area contributed by atoms with Gasteiger partial charge >= 0.3 is 0 Å². The van der Waals surface area contributed by atoms with E-state index in [4.69, 9.17) is 10.1 Å². The lowest BCUT2D eigenvalue weighted by molar-refractivity contribution is -0.384. The van der Waals surface area contributed by atoms with E-state index in [1.54, 1.807) is 17.2 Å². The number of nitriles is 2. The Hall–Kier alpha value is -2.48. The summed E-state index contributed by atoms with van der Waals surface area (Å²) < 4.78 is 0. The number of nitrogens with zero attached hydrogens (tertiary/aromatic N) is 4. The van der Waals surface area contributed by atoms with Crippen LogP contribution in [0, 0.1) is 38.7 Å². The monoisotopic (exact) mass is 286 g/mol. The summed E-state index contributed by atoms with van der Waals surface area (Å²) in [4.78, 5) is 15.8. The first-order valence-electron chi connectivity index (χ1n) is 6.46. The maximum absolute atomic E-state index is 10.7. The zero-order valence-electron chi connectivity index (χ0n) is 11.5. The molecule has 1 aromatic rings. The molecular weight excluding hydrogens is 272 g/mol. The third kappa shape index (κ3) is 2.57. The van der Waals surface area contributed by atoms with Crippen LogP contribution in [-0.4, -0.2) is 23.1 Å². The standard InChI is InChI=1S/C14H14N4O3/c1-14(11-3-5-13(6-4-11)18(19)20)12(9-16)10-21-17(14)8-2-7-15/h3-6,12H,2,8,10H2,1H3/t12-,14-/m1/s1. The van der Waals surface area contributed by atoms with E-state index in [9.17, 15) is 15.4 Å². The Morgan fingerprint density at radius 3 is 2.67 bits per heavy atom.